The van der Waals surface area contributed by atoms with Crippen molar-refractivity contribution in [3.63, 3.8) is 0 Å². The molecular formula is C23H19ClN2OS. The highest BCUT2D eigenvalue weighted by atomic mass is 35.5. The first kappa shape index (κ1) is 17.5. The van der Waals surface area contributed by atoms with Crippen LogP contribution in [0.4, 0.5) is 11.4 Å². The van der Waals surface area contributed by atoms with Crippen LogP contribution in [0.5, 0.6) is 0 Å². The monoisotopic (exact) mass is 406 g/mol. The molecule has 2 N–H and O–H groups in total. The molecule has 2 unspecified atom stereocenters. The number of nitrogens with one attached hydrogen (secondary N) is 2. The number of thiophene rings is 1. The Morgan fingerprint density at radius 3 is 2.39 bits per heavy atom. The van der Waals surface area contributed by atoms with Gasteiger partial charge in [0.1, 0.15) is 0 Å². The second kappa shape index (κ2) is 7.12. The first-order valence-electron chi connectivity index (χ1n) is 9.38. The fraction of sp³-hybridized carbons (Fsp3) is 0.174. The van der Waals surface area contributed by atoms with E-state index in [1.165, 1.54) is 16.9 Å². The highest BCUT2D eigenvalue weighted by Gasteiger charge is 2.36. The third kappa shape index (κ3) is 3.13. The average Bonchev–Trinajstić information content (AvgIpc) is 3.06. The number of hydrogen-bond acceptors (Lipinski definition) is 4. The van der Waals surface area contributed by atoms with Gasteiger partial charge in [0.05, 0.1) is 21.8 Å². The second-order valence-electron chi connectivity index (χ2n) is 7.22. The highest BCUT2D eigenvalue weighted by molar-refractivity contribution is 7.16. The van der Waals surface area contributed by atoms with Crippen LogP contribution in [0, 0.1) is 0 Å². The molecule has 0 fully saturated rings. The minimum absolute atomic E-state index is 0.187. The zero-order valence-electron chi connectivity index (χ0n) is 15.1. The number of Topliss-reactive ketones (excluding diaryl/α,β-unsaturated/α-hetero) is 1. The summed E-state index contributed by atoms with van der Waals surface area (Å²) >= 11 is 7.73. The number of halogens is 1. The lowest BCUT2D eigenvalue weighted by Crippen LogP contribution is -2.26. The number of allylic oxidation sites excluding steroid dienone is 1. The molecule has 1 aliphatic heterocycles. The Morgan fingerprint density at radius 2 is 1.64 bits per heavy atom. The highest BCUT2D eigenvalue weighted by Crippen LogP contribution is 2.45. The maximum absolute atomic E-state index is 13.3. The Morgan fingerprint density at radius 1 is 0.893 bits per heavy atom. The van der Waals surface area contributed by atoms with Gasteiger partial charge in [-0.3, -0.25) is 4.79 Å². The van der Waals surface area contributed by atoms with Gasteiger partial charge in [0.25, 0.3) is 0 Å². The number of ketones is 1. The Hall–Kier alpha value is -2.56. The summed E-state index contributed by atoms with van der Waals surface area (Å²) in [4.78, 5) is 14.4. The molecular weight excluding hydrogens is 388 g/mol. The topological polar surface area (TPSA) is 41.1 Å². The standard InChI is InChI=1S/C23H19ClN2OS/c24-21-11-10-20(28-21)23-22-18(25-16-8-4-5-9-17(16)26-23)12-15(13-19(22)27)14-6-2-1-3-7-14/h1-11,15,23,25-26H,12-13H2. The third-order valence-electron chi connectivity index (χ3n) is 5.46. The molecule has 2 aromatic carbocycles. The van der Waals surface area contributed by atoms with Crippen molar-refractivity contribution in [2.24, 2.45) is 0 Å². The summed E-state index contributed by atoms with van der Waals surface area (Å²) in [5, 5.41) is 7.15. The molecule has 1 aliphatic carbocycles. The molecule has 0 radical (unpaired) electrons. The Balaban J connectivity index is 1.61. The number of benzene rings is 2. The molecule has 5 heteroatoms. The fourth-order valence-electron chi connectivity index (χ4n) is 4.15. The van der Waals surface area contributed by atoms with E-state index in [0.29, 0.717) is 6.42 Å². The van der Waals surface area contributed by atoms with Gasteiger partial charge >= 0.3 is 0 Å². The van der Waals surface area contributed by atoms with E-state index in [1.807, 2.05) is 54.6 Å². The first-order chi connectivity index (χ1) is 13.7. The normalized spacial score (nSPS) is 21.2. The quantitative estimate of drug-likeness (QED) is 0.518. The summed E-state index contributed by atoms with van der Waals surface area (Å²) in [5.74, 6) is 0.384. The van der Waals surface area contributed by atoms with Crippen LogP contribution in [-0.4, -0.2) is 5.78 Å². The van der Waals surface area contributed by atoms with E-state index < -0.39 is 0 Å². The number of hydrogen-bond donors (Lipinski definition) is 2. The molecule has 140 valence electrons. The Labute approximate surface area is 173 Å². The van der Waals surface area contributed by atoms with Crippen LogP contribution in [0.25, 0.3) is 0 Å². The molecule has 0 saturated carbocycles. The van der Waals surface area contributed by atoms with Gasteiger partial charge in [-0.1, -0.05) is 54.1 Å². The van der Waals surface area contributed by atoms with Crippen LogP contribution < -0.4 is 10.6 Å². The first-order valence-corrected chi connectivity index (χ1v) is 10.6. The number of carbonyl (C=O) groups is 1. The molecule has 0 saturated heterocycles. The average molecular weight is 407 g/mol. The van der Waals surface area contributed by atoms with E-state index in [0.717, 1.165) is 38.3 Å². The number of para-hydroxylation sites is 2. The van der Waals surface area contributed by atoms with Crippen LogP contribution in [0.2, 0.25) is 4.34 Å². The van der Waals surface area contributed by atoms with Crippen LogP contribution >= 0.6 is 22.9 Å². The molecule has 28 heavy (non-hydrogen) atoms. The van der Waals surface area contributed by atoms with E-state index in [4.69, 9.17) is 11.6 Å². The van der Waals surface area contributed by atoms with E-state index in [1.54, 1.807) is 0 Å². The number of fused-ring (bicyclic) bond motifs is 1. The van der Waals surface area contributed by atoms with Crippen LogP contribution in [-0.2, 0) is 4.79 Å². The molecule has 2 heterocycles. The maximum Gasteiger partial charge on any atom is 0.163 e. The minimum Gasteiger partial charge on any atom is -0.372 e. The molecule has 3 nitrogen and oxygen atoms in total. The summed E-state index contributed by atoms with van der Waals surface area (Å²) in [6, 6.07) is 22.1. The lowest BCUT2D eigenvalue weighted by Gasteiger charge is -2.29. The van der Waals surface area contributed by atoms with Gasteiger partial charge in [-0.2, -0.15) is 0 Å². The van der Waals surface area contributed by atoms with E-state index >= 15 is 0 Å². The van der Waals surface area contributed by atoms with Gasteiger partial charge in [-0.05, 0) is 42.2 Å². The van der Waals surface area contributed by atoms with Crippen molar-refractivity contribution >= 4 is 40.1 Å². The largest absolute Gasteiger partial charge is 0.372 e. The molecule has 2 atom stereocenters. The lowest BCUT2D eigenvalue weighted by molar-refractivity contribution is -0.116. The summed E-state index contributed by atoms with van der Waals surface area (Å²) in [6.45, 7) is 0. The van der Waals surface area contributed by atoms with E-state index in [9.17, 15) is 4.79 Å². The molecule has 0 spiro atoms. The van der Waals surface area contributed by atoms with E-state index in [2.05, 4.69) is 22.8 Å². The van der Waals surface area contributed by atoms with Gasteiger partial charge in [0.2, 0.25) is 0 Å². The smallest absolute Gasteiger partial charge is 0.163 e. The third-order valence-corrected chi connectivity index (χ3v) is 6.75. The van der Waals surface area contributed by atoms with Crippen molar-refractivity contribution in [3.05, 3.63) is 92.8 Å². The van der Waals surface area contributed by atoms with Crippen molar-refractivity contribution < 1.29 is 4.79 Å². The summed E-state index contributed by atoms with van der Waals surface area (Å²) in [7, 11) is 0. The summed E-state index contributed by atoms with van der Waals surface area (Å²) in [5.41, 5.74) is 5.06. The summed E-state index contributed by atoms with van der Waals surface area (Å²) < 4.78 is 0.731. The number of rotatable bonds is 2. The van der Waals surface area contributed by atoms with Gasteiger partial charge in [0, 0.05) is 22.6 Å². The zero-order valence-corrected chi connectivity index (χ0v) is 16.7. The molecule has 1 aromatic heterocycles. The minimum atomic E-state index is -0.187. The van der Waals surface area contributed by atoms with Crippen molar-refractivity contribution in [2.75, 3.05) is 10.6 Å². The second-order valence-corrected chi connectivity index (χ2v) is 8.97. The fourth-order valence-corrected chi connectivity index (χ4v) is 5.27. The van der Waals surface area contributed by atoms with Crippen LogP contribution in [0.1, 0.15) is 35.2 Å². The maximum atomic E-state index is 13.3. The van der Waals surface area contributed by atoms with Crippen molar-refractivity contribution in [2.45, 2.75) is 24.8 Å². The van der Waals surface area contributed by atoms with E-state index in [-0.39, 0.29) is 17.7 Å². The SMILES string of the molecule is O=C1CC(c2ccccc2)CC2=C1C(c1ccc(Cl)s1)Nc1ccccc1N2. The molecule has 0 amide bonds. The van der Waals surface area contributed by atoms with Gasteiger partial charge < -0.3 is 10.6 Å². The molecule has 5 rings (SSSR count). The zero-order chi connectivity index (χ0) is 19.1. The summed E-state index contributed by atoms with van der Waals surface area (Å²) in [6.07, 6.45) is 1.34. The van der Waals surface area contributed by atoms with Crippen molar-refractivity contribution in [1.82, 2.24) is 0 Å². The molecule has 3 aromatic rings. The molecule has 0 bridgehead atoms. The number of anilines is 2. The molecule has 2 aliphatic rings. The predicted molar refractivity (Wildman–Crippen MR) is 116 cm³/mol. The number of carbonyl (C=O) groups excluding carboxylic acids is 1. The van der Waals surface area contributed by atoms with Gasteiger partial charge in [-0.15, -0.1) is 11.3 Å². The van der Waals surface area contributed by atoms with Crippen LogP contribution in [0.15, 0.2) is 78.0 Å². The van der Waals surface area contributed by atoms with Gasteiger partial charge in [-0.25, -0.2) is 0 Å². The lowest BCUT2D eigenvalue weighted by atomic mass is 9.79. The van der Waals surface area contributed by atoms with Crippen molar-refractivity contribution in [3.8, 4) is 0 Å². The van der Waals surface area contributed by atoms with Gasteiger partial charge in [0.15, 0.2) is 5.78 Å². The van der Waals surface area contributed by atoms with Crippen molar-refractivity contribution in [1.29, 1.82) is 0 Å². The Kier molecular flexibility index (Phi) is 4.46. The predicted octanol–water partition coefficient (Wildman–Crippen LogP) is 6.38. The van der Waals surface area contributed by atoms with Crippen LogP contribution in [0.3, 0.4) is 0 Å². The Bertz CT molecular complexity index is 1070.